The monoisotopic (exact) mass is 434 g/mol. The summed E-state index contributed by atoms with van der Waals surface area (Å²) >= 11 is 1.59. The van der Waals surface area contributed by atoms with Gasteiger partial charge in [0.15, 0.2) is 11.0 Å². The Morgan fingerprint density at radius 1 is 1.13 bits per heavy atom. The van der Waals surface area contributed by atoms with E-state index in [4.69, 9.17) is 4.42 Å². The summed E-state index contributed by atoms with van der Waals surface area (Å²) in [6, 6.07) is 9.61. The van der Waals surface area contributed by atoms with Crippen molar-refractivity contribution in [2.24, 2.45) is 0 Å². The standard InChI is InChI=1S/C24H26N4O2S/c1-5-10-28-23(17-6-8-25-9-7-17)26-27-24(28)31-14-18-12-22(29)30-21-11-16(4)19(15(2)3)13-20(18)21/h6-9,11-13,15H,5,10,14H2,1-4H3. The Morgan fingerprint density at radius 2 is 1.90 bits per heavy atom. The van der Waals surface area contributed by atoms with Gasteiger partial charge in [-0.25, -0.2) is 4.79 Å². The molecule has 6 nitrogen and oxygen atoms in total. The molecule has 4 rings (SSSR count). The van der Waals surface area contributed by atoms with Gasteiger partial charge in [0.2, 0.25) is 0 Å². The lowest BCUT2D eigenvalue weighted by atomic mass is 9.95. The van der Waals surface area contributed by atoms with Crippen LogP contribution in [0, 0.1) is 6.92 Å². The van der Waals surface area contributed by atoms with E-state index in [-0.39, 0.29) is 5.63 Å². The van der Waals surface area contributed by atoms with E-state index in [9.17, 15) is 4.79 Å². The van der Waals surface area contributed by atoms with Crippen LogP contribution in [-0.2, 0) is 12.3 Å². The second-order valence-electron chi connectivity index (χ2n) is 7.93. The van der Waals surface area contributed by atoms with Gasteiger partial charge in [0.1, 0.15) is 5.58 Å². The van der Waals surface area contributed by atoms with Crippen LogP contribution in [0.15, 0.2) is 57.1 Å². The summed E-state index contributed by atoms with van der Waals surface area (Å²) in [5, 5.41) is 10.7. The highest BCUT2D eigenvalue weighted by atomic mass is 32.2. The van der Waals surface area contributed by atoms with Crippen LogP contribution in [-0.4, -0.2) is 19.7 Å². The van der Waals surface area contributed by atoms with Gasteiger partial charge in [0, 0.05) is 41.7 Å². The molecule has 3 heterocycles. The van der Waals surface area contributed by atoms with Gasteiger partial charge in [-0.05, 0) is 60.2 Å². The second kappa shape index (κ2) is 9.06. The molecular weight excluding hydrogens is 408 g/mol. The number of nitrogens with zero attached hydrogens (tertiary/aromatic N) is 4. The van der Waals surface area contributed by atoms with Crippen LogP contribution in [0.4, 0.5) is 0 Å². The topological polar surface area (TPSA) is 73.8 Å². The first-order chi connectivity index (χ1) is 15.0. The maximum Gasteiger partial charge on any atom is 0.336 e. The van der Waals surface area contributed by atoms with Crippen LogP contribution in [0.1, 0.15) is 49.8 Å². The molecule has 0 bridgehead atoms. The molecule has 3 aromatic heterocycles. The minimum atomic E-state index is -0.327. The molecule has 4 aromatic rings. The normalized spacial score (nSPS) is 11.5. The minimum Gasteiger partial charge on any atom is -0.423 e. The number of rotatable bonds is 7. The number of hydrogen-bond donors (Lipinski definition) is 0. The zero-order valence-electron chi connectivity index (χ0n) is 18.3. The average molecular weight is 435 g/mol. The minimum absolute atomic E-state index is 0.327. The highest BCUT2D eigenvalue weighted by Gasteiger charge is 2.16. The Balaban J connectivity index is 1.70. The van der Waals surface area contributed by atoms with Crippen molar-refractivity contribution in [1.82, 2.24) is 19.7 Å². The Hall–Kier alpha value is -2.93. The molecule has 0 radical (unpaired) electrons. The fourth-order valence-corrected chi connectivity index (χ4v) is 4.77. The van der Waals surface area contributed by atoms with E-state index in [0.717, 1.165) is 46.0 Å². The number of fused-ring (bicyclic) bond motifs is 1. The van der Waals surface area contributed by atoms with E-state index in [0.29, 0.717) is 17.3 Å². The van der Waals surface area contributed by atoms with Crippen molar-refractivity contribution in [3.05, 3.63) is 69.8 Å². The molecule has 0 saturated heterocycles. The molecular formula is C24H26N4O2S. The molecule has 0 aliphatic carbocycles. The van der Waals surface area contributed by atoms with Crippen LogP contribution in [0.2, 0.25) is 0 Å². The van der Waals surface area contributed by atoms with Crippen molar-refractivity contribution in [2.45, 2.75) is 57.5 Å². The van der Waals surface area contributed by atoms with Gasteiger partial charge in [-0.3, -0.25) is 4.98 Å². The zero-order chi connectivity index (χ0) is 22.0. The van der Waals surface area contributed by atoms with Crippen molar-refractivity contribution < 1.29 is 4.42 Å². The Labute approximate surface area is 185 Å². The highest BCUT2D eigenvalue weighted by Crippen LogP contribution is 2.31. The SMILES string of the molecule is CCCn1c(SCc2cc(=O)oc3cc(C)c(C(C)C)cc23)nnc1-c1ccncc1. The number of thioether (sulfide) groups is 1. The summed E-state index contributed by atoms with van der Waals surface area (Å²) in [4.78, 5) is 16.3. The maximum absolute atomic E-state index is 12.2. The molecule has 7 heteroatoms. The lowest BCUT2D eigenvalue weighted by molar-refractivity contribution is 0.559. The fraction of sp³-hybridized carbons (Fsp3) is 0.333. The lowest BCUT2D eigenvalue weighted by Gasteiger charge is -2.13. The Kier molecular flexibility index (Phi) is 6.23. The van der Waals surface area contributed by atoms with E-state index < -0.39 is 0 Å². The van der Waals surface area contributed by atoms with Crippen molar-refractivity contribution in [3.63, 3.8) is 0 Å². The summed E-state index contributed by atoms with van der Waals surface area (Å²) in [6.07, 6.45) is 4.49. The first kappa shape index (κ1) is 21.3. The van der Waals surface area contributed by atoms with Gasteiger partial charge in [-0.1, -0.05) is 32.5 Å². The number of aryl methyl sites for hydroxylation is 1. The summed E-state index contributed by atoms with van der Waals surface area (Å²) in [7, 11) is 0. The van der Waals surface area contributed by atoms with Crippen LogP contribution >= 0.6 is 11.8 Å². The molecule has 0 aliphatic rings. The molecule has 0 spiro atoms. The number of benzene rings is 1. The summed E-state index contributed by atoms with van der Waals surface area (Å²) in [6.45, 7) is 9.37. The van der Waals surface area contributed by atoms with Gasteiger partial charge in [0.25, 0.3) is 0 Å². The van der Waals surface area contributed by atoms with Crippen LogP contribution < -0.4 is 5.63 Å². The molecule has 0 atom stereocenters. The zero-order valence-corrected chi connectivity index (χ0v) is 19.1. The van der Waals surface area contributed by atoms with E-state index in [2.05, 4.69) is 53.5 Å². The molecule has 0 N–H and O–H groups in total. The quantitative estimate of drug-likeness (QED) is 0.279. The van der Waals surface area contributed by atoms with E-state index in [1.807, 2.05) is 18.2 Å². The molecule has 31 heavy (non-hydrogen) atoms. The third kappa shape index (κ3) is 4.42. The summed E-state index contributed by atoms with van der Waals surface area (Å²) in [5.74, 6) is 1.84. The maximum atomic E-state index is 12.2. The van der Waals surface area contributed by atoms with Crippen LogP contribution in [0.3, 0.4) is 0 Å². The van der Waals surface area contributed by atoms with Gasteiger partial charge in [-0.15, -0.1) is 10.2 Å². The van der Waals surface area contributed by atoms with Gasteiger partial charge in [-0.2, -0.15) is 0 Å². The molecule has 160 valence electrons. The third-order valence-electron chi connectivity index (χ3n) is 5.30. The van der Waals surface area contributed by atoms with Gasteiger partial charge < -0.3 is 8.98 Å². The Morgan fingerprint density at radius 3 is 2.61 bits per heavy atom. The third-order valence-corrected chi connectivity index (χ3v) is 6.31. The largest absolute Gasteiger partial charge is 0.423 e. The summed E-state index contributed by atoms with van der Waals surface area (Å²) < 4.78 is 7.63. The van der Waals surface area contributed by atoms with E-state index in [1.54, 1.807) is 30.2 Å². The van der Waals surface area contributed by atoms with Crippen molar-refractivity contribution in [3.8, 4) is 11.4 Å². The Bertz CT molecular complexity index is 1260. The van der Waals surface area contributed by atoms with Crippen molar-refractivity contribution in [1.29, 1.82) is 0 Å². The molecule has 0 saturated carbocycles. The number of pyridine rings is 1. The van der Waals surface area contributed by atoms with Crippen molar-refractivity contribution >= 4 is 22.7 Å². The van der Waals surface area contributed by atoms with E-state index >= 15 is 0 Å². The highest BCUT2D eigenvalue weighted by molar-refractivity contribution is 7.98. The first-order valence-corrected chi connectivity index (χ1v) is 11.5. The number of hydrogen-bond acceptors (Lipinski definition) is 6. The molecule has 0 aliphatic heterocycles. The van der Waals surface area contributed by atoms with Gasteiger partial charge in [0.05, 0.1) is 0 Å². The first-order valence-electron chi connectivity index (χ1n) is 10.5. The fourth-order valence-electron chi connectivity index (χ4n) is 3.81. The molecule has 1 aromatic carbocycles. The van der Waals surface area contributed by atoms with Gasteiger partial charge >= 0.3 is 5.63 Å². The second-order valence-corrected chi connectivity index (χ2v) is 8.88. The number of aromatic nitrogens is 4. The van der Waals surface area contributed by atoms with E-state index in [1.165, 1.54) is 5.56 Å². The predicted octanol–water partition coefficient (Wildman–Crippen LogP) is 5.58. The summed E-state index contributed by atoms with van der Waals surface area (Å²) in [5.41, 5.74) is 4.66. The van der Waals surface area contributed by atoms with Crippen LogP contribution in [0.5, 0.6) is 0 Å². The molecule has 0 fully saturated rings. The molecule has 0 amide bonds. The predicted molar refractivity (Wildman–Crippen MR) is 124 cm³/mol. The van der Waals surface area contributed by atoms with Crippen LogP contribution in [0.25, 0.3) is 22.4 Å². The van der Waals surface area contributed by atoms with Crippen molar-refractivity contribution in [2.75, 3.05) is 0 Å². The smallest absolute Gasteiger partial charge is 0.336 e. The lowest BCUT2D eigenvalue weighted by Crippen LogP contribution is -2.04. The molecule has 0 unspecified atom stereocenters. The average Bonchev–Trinajstić information content (AvgIpc) is 3.14.